The van der Waals surface area contributed by atoms with Gasteiger partial charge >= 0.3 is 12.1 Å². The lowest BCUT2D eigenvalue weighted by Crippen LogP contribution is -2.31. The Labute approximate surface area is 122 Å². The Kier molecular flexibility index (Phi) is 3.56. The number of hydrogen-bond acceptors (Lipinski definition) is 3. The first-order chi connectivity index (χ1) is 10.1. The molecule has 8 heteroatoms. The fourth-order valence-corrected chi connectivity index (χ4v) is 2.08. The van der Waals surface area contributed by atoms with Gasteiger partial charge in [-0.1, -0.05) is 0 Å². The van der Waals surface area contributed by atoms with Crippen molar-refractivity contribution in [3.8, 4) is 0 Å². The van der Waals surface area contributed by atoms with Crippen LogP contribution < -0.4 is 4.90 Å². The van der Waals surface area contributed by atoms with Gasteiger partial charge in [-0.3, -0.25) is 9.59 Å². The fraction of sp³-hybridized carbons (Fsp3) is 0.214. The summed E-state index contributed by atoms with van der Waals surface area (Å²) in [6.45, 7) is 2.79. The zero-order valence-electron chi connectivity index (χ0n) is 11.5. The van der Waals surface area contributed by atoms with E-state index in [-0.39, 0.29) is 16.8 Å². The minimum absolute atomic E-state index is 0.140. The highest BCUT2D eigenvalue weighted by atomic mass is 19.4. The molecule has 1 aromatic rings. The number of halogens is 3. The number of carboxylic acids is 1. The molecule has 0 radical (unpaired) electrons. The minimum Gasteiger partial charge on any atom is -0.478 e. The Morgan fingerprint density at radius 1 is 1.09 bits per heavy atom. The highest BCUT2D eigenvalue weighted by Gasteiger charge is 2.39. The van der Waals surface area contributed by atoms with Crippen molar-refractivity contribution < 1.29 is 32.7 Å². The summed E-state index contributed by atoms with van der Waals surface area (Å²) in [5, 5.41) is 8.82. The molecule has 1 aliphatic rings. The van der Waals surface area contributed by atoms with Crippen LogP contribution in [0, 0.1) is 0 Å². The molecule has 0 saturated carbocycles. The van der Waals surface area contributed by atoms with E-state index < -0.39 is 35.1 Å². The summed E-state index contributed by atoms with van der Waals surface area (Å²) < 4.78 is 38.9. The first-order valence-electron chi connectivity index (χ1n) is 6.06. The lowest BCUT2D eigenvalue weighted by Gasteiger charge is -2.18. The smallest absolute Gasteiger partial charge is 0.417 e. The Balaban J connectivity index is 2.59. The van der Waals surface area contributed by atoms with Crippen LogP contribution in [0.3, 0.4) is 0 Å². The second-order valence-corrected chi connectivity index (χ2v) is 4.73. The average molecular weight is 313 g/mol. The Bertz CT molecular complexity index is 710. The highest BCUT2D eigenvalue weighted by molar-refractivity contribution is 6.32. The number of rotatable bonds is 2. The summed E-state index contributed by atoms with van der Waals surface area (Å²) >= 11 is 0. The number of amides is 2. The molecule has 0 saturated heterocycles. The van der Waals surface area contributed by atoms with E-state index in [0.717, 1.165) is 12.1 Å². The first kappa shape index (κ1) is 15.7. The summed E-state index contributed by atoms with van der Waals surface area (Å²) in [7, 11) is 0. The van der Waals surface area contributed by atoms with Crippen molar-refractivity contribution in [1.29, 1.82) is 0 Å². The number of hydrogen-bond donors (Lipinski definition) is 1. The standard InChI is InChI=1S/C14H10F3NO4/c1-6-7(2)12(20)18(11(6)19)8-3-4-9(13(21)22)10(5-8)14(15,16)17/h3-5H,1-2H3,(H,21,22). The van der Waals surface area contributed by atoms with Crippen LogP contribution in [0.25, 0.3) is 0 Å². The van der Waals surface area contributed by atoms with Crippen LogP contribution in [-0.4, -0.2) is 22.9 Å². The third kappa shape index (κ3) is 2.36. The van der Waals surface area contributed by atoms with Gasteiger partial charge in [-0.05, 0) is 32.0 Å². The first-order valence-corrected chi connectivity index (χ1v) is 6.06. The number of carboxylic acid groups (broad SMARTS) is 1. The summed E-state index contributed by atoms with van der Waals surface area (Å²) in [5.41, 5.74) is -2.40. The fourth-order valence-electron chi connectivity index (χ4n) is 2.08. The minimum atomic E-state index is -4.92. The third-order valence-electron chi connectivity index (χ3n) is 3.41. The van der Waals surface area contributed by atoms with E-state index in [1.165, 1.54) is 13.8 Å². The lowest BCUT2D eigenvalue weighted by atomic mass is 10.1. The molecule has 0 unspecified atom stereocenters. The van der Waals surface area contributed by atoms with E-state index in [9.17, 15) is 27.6 Å². The molecule has 0 aromatic heterocycles. The van der Waals surface area contributed by atoms with Crippen molar-refractivity contribution in [2.75, 3.05) is 4.90 Å². The predicted molar refractivity (Wildman–Crippen MR) is 69.3 cm³/mol. The summed E-state index contributed by atoms with van der Waals surface area (Å²) in [4.78, 5) is 35.4. The number of carbonyl (C=O) groups is 3. The molecule has 1 heterocycles. The summed E-state index contributed by atoms with van der Waals surface area (Å²) in [6.07, 6.45) is -4.92. The summed E-state index contributed by atoms with van der Waals surface area (Å²) in [5.74, 6) is -3.19. The van der Waals surface area contributed by atoms with Gasteiger partial charge in [0, 0.05) is 11.1 Å². The zero-order valence-corrected chi connectivity index (χ0v) is 11.5. The molecule has 0 atom stereocenters. The molecule has 1 aromatic carbocycles. The van der Waals surface area contributed by atoms with Crippen LogP contribution in [0.5, 0.6) is 0 Å². The van der Waals surface area contributed by atoms with Crippen molar-refractivity contribution in [3.63, 3.8) is 0 Å². The second kappa shape index (κ2) is 4.97. The van der Waals surface area contributed by atoms with Gasteiger partial charge in [0.1, 0.15) is 0 Å². The number of benzene rings is 1. The average Bonchev–Trinajstić information content (AvgIpc) is 2.61. The summed E-state index contributed by atoms with van der Waals surface area (Å²) in [6, 6.07) is 2.22. The molecule has 0 fully saturated rings. The maximum Gasteiger partial charge on any atom is 0.417 e. The molecule has 0 spiro atoms. The van der Waals surface area contributed by atoms with E-state index in [1.807, 2.05) is 0 Å². The Morgan fingerprint density at radius 3 is 2.00 bits per heavy atom. The molecule has 0 bridgehead atoms. The SMILES string of the molecule is CC1=C(C)C(=O)N(c2ccc(C(=O)O)c(C(F)(F)F)c2)C1=O. The monoisotopic (exact) mass is 313 g/mol. The predicted octanol–water partition coefficient (Wildman–Crippen LogP) is 2.61. The van der Waals surface area contributed by atoms with Crippen molar-refractivity contribution >= 4 is 23.5 Å². The van der Waals surface area contributed by atoms with E-state index in [2.05, 4.69) is 0 Å². The molecular formula is C14H10F3NO4. The van der Waals surface area contributed by atoms with Crippen LogP contribution >= 0.6 is 0 Å². The second-order valence-electron chi connectivity index (χ2n) is 4.73. The normalized spacial score (nSPS) is 15.8. The Hall–Kier alpha value is -2.64. The van der Waals surface area contributed by atoms with Gasteiger partial charge in [-0.25, -0.2) is 9.69 Å². The van der Waals surface area contributed by atoms with Crippen LogP contribution in [0.1, 0.15) is 29.8 Å². The van der Waals surface area contributed by atoms with Crippen LogP contribution in [0.4, 0.5) is 18.9 Å². The lowest BCUT2D eigenvalue weighted by molar-refractivity contribution is -0.138. The molecule has 1 aliphatic heterocycles. The number of carbonyl (C=O) groups excluding carboxylic acids is 2. The molecule has 2 rings (SSSR count). The van der Waals surface area contributed by atoms with Gasteiger partial charge < -0.3 is 5.11 Å². The molecular weight excluding hydrogens is 303 g/mol. The zero-order chi connectivity index (χ0) is 16.8. The molecule has 22 heavy (non-hydrogen) atoms. The molecule has 5 nitrogen and oxygen atoms in total. The van der Waals surface area contributed by atoms with Crippen LogP contribution in [-0.2, 0) is 15.8 Å². The number of nitrogens with zero attached hydrogens (tertiary/aromatic N) is 1. The largest absolute Gasteiger partial charge is 0.478 e. The number of imide groups is 1. The number of alkyl halides is 3. The third-order valence-corrected chi connectivity index (χ3v) is 3.41. The van der Waals surface area contributed by atoms with Gasteiger partial charge in [-0.15, -0.1) is 0 Å². The highest BCUT2D eigenvalue weighted by Crippen LogP contribution is 2.36. The van der Waals surface area contributed by atoms with Gasteiger partial charge in [-0.2, -0.15) is 13.2 Å². The van der Waals surface area contributed by atoms with Crippen molar-refractivity contribution in [2.24, 2.45) is 0 Å². The van der Waals surface area contributed by atoms with E-state index in [1.54, 1.807) is 0 Å². The quantitative estimate of drug-likeness (QED) is 0.852. The maximum atomic E-state index is 13.0. The maximum absolute atomic E-state index is 13.0. The molecule has 0 aliphatic carbocycles. The Morgan fingerprint density at radius 2 is 1.59 bits per heavy atom. The van der Waals surface area contributed by atoms with Crippen LogP contribution in [0.15, 0.2) is 29.3 Å². The van der Waals surface area contributed by atoms with Crippen molar-refractivity contribution in [2.45, 2.75) is 20.0 Å². The number of anilines is 1. The van der Waals surface area contributed by atoms with Gasteiger partial charge in [0.25, 0.3) is 11.8 Å². The topological polar surface area (TPSA) is 74.7 Å². The van der Waals surface area contributed by atoms with Crippen molar-refractivity contribution in [1.82, 2.24) is 0 Å². The molecule has 1 N–H and O–H groups in total. The van der Waals surface area contributed by atoms with Gasteiger partial charge in [0.15, 0.2) is 0 Å². The van der Waals surface area contributed by atoms with Crippen LogP contribution in [0.2, 0.25) is 0 Å². The van der Waals surface area contributed by atoms with Crippen molar-refractivity contribution in [3.05, 3.63) is 40.5 Å². The molecule has 2 amide bonds. The number of aromatic carboxylic acids is 1. The van der Waals surface area contributed by atoms with Gasteiger partial charge in [0.05, 0.1) is 16.8 Å². The van der Waals surface area contributed by atoms with Gasteiger partial charge in [0.2, 0.25) is 0 Å². The van der Waals surface area contributed by atoms with E-state index >= 15 is 0 Å². The van der Waals surface area contributed by atoms with E-state index in [0.29, 0.717) is 11.0 Å². The molecule has 116 valence electrons. The van der Waals surface area contributed by atoms with E-state index in [4.69, 9.17) is 5.11 Å².